The maximum absolute atomic E-state index is 8.55. The molecule has 4 N–H and O–H groups in total. The molecule has 0 saturated carbocycles. The lowest BCUT2D eigenvalue weighted by Crippen LogP contribution is -2.15. The second kappa shape index (κ2) is 3.39. The molecule has 0 heterocycles. The Morgan fingerprint density at radius 2 is 2.25 bits per heavy atom. The van der Waals surface area contributed by atoms with Crippen molar-refractivity contribution in [3.05, 3.63) is 35.4 Å². The van der Waals surface area contributed by atoms with Crippen LogP contribution >= 0.6 is 0 Å². The lowest BCUT2D eigenvalue weighted by molar-refractivity contribution is 1.23. The molecule has 1 rings (SSSR count). The normalized spacial score (nSPS) is 10.8. The first-order valence-corrected chi connectivity index (χ1v) is 3.32. The molecule has 0 amide bonds. The zero-order valence-corrected chi connectivity index (χ0v) is 6.36. The Morgan fingerprint density at radius 1 is 1.50 bits per heavy atom. The molecule has 0 unspecified atom stereocenters. The summed E-state index contributed by atoms with van der Waals surface area (Å²) in [5.41, 5.74) is 6.64. The SMILES string of the molecule is N#Cc1cccc(/C(N)=N/N)c1. The highest BCUT2D eigenvalue weighted by atomic mass is 15.1. The first-order chi connectivity index (χ1) is 5.77. The topological polar surface area (TPSA) is 88.2 Å². The maximum Gasteiger partial charge on any atom is 0.150 e. The predicted molar refractivity (Wildman–Crippen MR) is 46.1 cm³/mol. The van der Waals surface area contributed by atoms with E-state index in [1.807, 2.05) is 6.07 Å². The quantitative estimate of drug-likeness (QED) is 0.265. The van der Waals surface area contributed by atoms with Gasteiger partial charge in [-0.15, -0.1) is 0 Å². The van der Waals surface area contributed by atoms with Crippen molar-refractivity contribution in [1.29, 1.82) is 5.26 Å². The van der Waals surface area contributed by atoms with E-state index >= 15 is 0 Å². The fraction of sp³-hybridized carbons (Fsp3) is 0. The van der Waals surface area contributed by atoms with Crippen LogP contribution in [0.15, 0.2) is 29.4 Å². The summed E-state index contributed by atoms with van der Waals surface area (Å²) in [6.07, 6.45) is 0. The number of nitrogens with two attached hydrogens (primary N) is 2. The van der Waals surface area contributed by atoms with Crippen LogP contribution in [0.4, 0.5) is 0 Å². The molecular formula is C8H8N4. The van der Waals surface area contributed by atoms with Gasteiger partial charge in [0.05, 0.1) is 11.6 Å². The van der Waals surface area contributed by atoms with Gasteiger partial charge in [0.15, 0.2) is 0 Å². The molecule has 0 radical (unpaired) electrons. The van der Waals surface area contributed by atoms with Crippen molar-refractivity contribution in [2.75, 3.05) is 0 Å². The fourth-order valence-corrected chi connectivity index (χ4v) is 0.823. The third kappa shape index (κ3) is 1.52. The average Bonchev–Trinajstić information content (AvgIpc) is 2.17. The van der Waals surface area contributed by atoms with Crippen LogP contribution < -0.4 is 11.6 Å². The van der Waals surface area contributed by atoms with Crippen molar-refractivity contribution < 1.29 is 0 Å². The summed E-state index contributed by atoms with van der Waals surface area (Å²) in [5, 5.41) is 11.9. The summed E-state index contributed by atoms with van der Waals surface area (Å²) in [4.78, 5) is 0. The number of benzene rings is 1. The minimum Gasteiger partial charge on any atom is -0.382 e. The monoisotopic (exact) mass is 160 g/mol. The maximum atomic E-state index is 8.55. The van der Waals surface area contributed by atoms with E-state index in [9.17, 15) is 0 Å². The summed E-state index contributed by atoms with van der Waals surface area (Å²) in [7, 11) is 0. The van der Waals surface area contributed by atoms with Gasteiger partial charge in [-0.25, -0.2) is 0 Å². The zero-order valence-electron chi connectivity index (χ0n) is 6.36. The predicted octanol–water partition coefficient (Wildman–Crippen LogP) is 0.137. The molecule has 1 aromatic carbocycles. The second-order valence-electron chi connectivity index (χ2n) is 2.21. The number of rotatable bonds is 1. The van der Waals surface area contributed by atoms with Crippen molar-refractivity contribution >= 4 is 5.84 Å². The number of hydrogen-bond acceptors (Lipinski definition) is 3. The van der Waals surface area contributed by atoms with E-state index in [2.05, 4.69) is 5.10 Å². The van der Waals surface area contributed by atoms with Crippen LogP contribution in [0.5, 0.6) is 0 Å². The molecular weight excluding hydrogens is 152 g/mol. The highest BCUT2D eigenvalue weighted by Crippen LogP contribution is 2.02. The van der Waals surface area contributed by atoms with Crippen molar-refractivity contribution in [2.24, 2.45) is 16.7 Å². The summed E-state index contributed by atoms with van der Waals surface area (Å²) >= 11 is 0. The van der Waals surface area contributed by atoms with Gasteiger partial charge >= 0.3 is 0 Å². The van der Waals surface area contributed by atoms with Gasteiger partial charge in [-0.1, -0.05) is 12.1 Å². The van der Waals surface area contributed by atoms with Crippen LogP contribution in [0, 0.1) is 11.3 Å². The highest BCUT2D eigenvalue weighted by molar-refractivity contribution is 5.97. The summed E-state index contributed by atoms with van der Waals surface area (Å²) in [5.74, 6) is 5.20. The van der Waals surface area contributed by atoms with Crippen LogP contribution in [-0.4, -0.2) is 5.84 Å². The minimum absolute atomic E-state index is 0.229. The molecule has 4 nitrogen and oxygen atoms in total. The van der Waals surface area contributed by atoms with E-state index in [0.29, 0.717) is 11.1 Å². The molecule has 0 aliphatic carbocycles. The zero-order chi connectivity index (χ0) is 8.97. The molecule has 0 atom stereocenters. The Hall–Kier alpha value is -2.02. The average molecular weight is 160 g/mol. The van der Waals surface area contributed by atoms with Crippen LogP contribution in [0.2, 0.25) is 0 Å². The molecule has 0 spiro atoms. The smallest absolute Gasteiger partial charge is 0.150 e. The molecule has 4 heteroatoms. The molecule has 60 valence electrons. The Balaban J connectivity index is 3.12. The van der Waals surface area contributed by atoms with E-state index in [1.54, 1.807) is 24.3 Å². The molecule has 0 aliphatic rings. The summed E-state index contributed by atoms with van der Waals surface area (Å²) < 4.78 is 0. The van der Waals surface area contributed by atoms with Crippen molar-refractivity contribution in [2.45, 2.75) is 0 Å². The molecule has 1 aromatic rings. The Bertz CT molecular complexity index is 348. The van der Waals surface area contributed by atoms with Crippen LogP contribution in [0.25, 0.3) is 0 Å². The van der Waals surface area contributed by atoms with Gasteiger partial charge in [0, 0.05) is 5.56 Å². The van der Waals surface area contributed by atoms with Crippen LogP contribution in [0.3, 0.4) is 0 Å². The number of nitrogens with zero attached hydrogens (tertiary/aromatic N) is 2. The van der Waals surface area contributed by atoms with E-state index in [1.165, 1.54) is 0 Å². The van der Waals surface area contributed by atoms with E-state index in [-0.39, 0.29) is 5.84 Å². The van der Waals surface area contributed by atoms with Gasteiger partial charge in [-0.3, -0.25) is 0 Å². The lowest BCUT2D eigenvalue weighted by Gasteiger charge is -1.97. The third-order valence-corrected chi connectivity index (χ3v) is 1.43. The van der Waals surface area contributed by atoms with Crippen molar-refractivity contribution in [3.8, 4) is 6.07 Å². The molecule has 0 aliphatic heterocycles. The second-order valence-corrected chi connectivity index (χ2v) is 2.21. The number of hydrogen-bond donors (Lipinski definition) is 2. The number of nitriles is 1. The Kier molecular flexibility index (Phi) is 2.29. The lowest BCUT2D eigenvalue weighted by atomic mass is 10.1. The largest absolute Gasteiger partial charge is 0.382 e. The highest BCUT2D eigenvalue weighted by Gasteiger charge is 1.97. The van der Waals surface area contributed by atoms with Crippen LogP contribution in [-0.2, 0) is 0 Å². The van der Waals surface area contributed by atoms with E-state index in [0.717, 1.165) is 0 Å². The molecule has 0 aromatic heterocycles. The molecule has 0 fully saturated rings. The number of amidine groups is 1. The van der Waals surface area contributed by atoms with Gasteiger partial charge in [0.25, 0.3) is 0 Å². The number of hydrazone groups is 1. The first kappa shape index (κ1) is 8.08. The summed E-state index contributed by atoms with van der Waals surface area (Å²) in [6, 6.07) is 8.78. The van der Waals surface area contributed by atoms with E-state index in [4.69, 9.17) is 16.8 Å². The van der Waals surface area contributed by atoms with Gasteiger partial charge in [-0.2, -0.15) is 10.4 Å². The van der Waals surface area contributed by atoms with Crippen LogP contribution in [0.1, 0.15) is 11.1 Å². The molecule has 0 saturated heterocycles. The summed E-state index contributed by atoms with van der Waals surface area (Å²) in [6.45, 7) is 0. The third-order valence-electron chi connectivity index (χ3n) is 1.43. The molecule has 0 bridgehead atoms. The fourth-order valence-electron chi connectivity index (χ4n) is 0.823. The van der Waals surface area contributed by atoms with Gasteiger partial charge in [0.1, 0.15) is 5.84 Å². The standard InChI is InChI=1S/C8H8N4/c9-5-6-2-1-3-7(4-6)8(10)12-11/h1-4H,11H2,(H2,10,12). The van der Waals surface area contributed by atoms with Crippen molar-refractivity contribution in [3.63, 3.8) is 0 Å². The van der Waals surface area contributed by atoms with Gasteiger partial charge < -0.3 is 11.6 Å². The van der Waals surface area contributed by atoms with Gasteiger partial charge in [-0.05, 0) is 12.1 Å². The minimum atomic E-state index is 0.229. The Labute approximate surface area is 70.1 Å². The van der Waals surface area contributed by atoms with Gasteiger partial charge in [0.2, 0.25) is 0 Å². The van der Waals surface area contributed by atoms with Crippen molar-refractivity contribution in [1.82, 2.24) is 0 Å². The first-order valence-electron chi connectivity index (χ1n) is 3.32. The van der Waals surface area contributed by atoms with E-state index < -0.39 is 0 Å². The Morgan fingerprint density at radius 3 is 2.83 bits per heavy atom. The molecule has 12 heavy (non-hydrogen) atoms.